The van der Waals surface area contributed by atoms with Gasteiger partial charge in [-0.2, -0.15) is 0 Å². The van der Waals surface area contributed by atoms with Crippen molar-refractivity contribution in [3.8, 4) is 0 Å². The fraction of sp³-hybridized carbons (Fsp3) is 0.333. The number of benzene rings is 2. The normalized spacial score (nSPS) is 21.6. The largest absolute Gasteiger partial charge is 0.322 e. The number of H-pyrrole nitrogens is 1. The Hall–Kier alpha value is -2.50. The Labute approximate surface area is 153 Å². The van der Waals surface area contributed by atoms with Crippen molar-refractivity contribution in [2.45, 2.75) is 19.5 Å². The molecule has 1 aliphatic heterocycles. The molecule has 5 heteroatoms. The molecule has 5 nitrogen and oxygen atoms in total. The number of aromatic amines is 1. The van der Waals surface area contributed by atoms with Crippen LogP contribution in [0.1, 0.15) is 24.4 Å². The summed E-state index contributed by atoms with van der Waals surface area (Å²) in [5, 5.41) is 0.663. The monoisotopic (exact) mass is 350 g/mol. The highest BCUT2D eigenvalue weighted by Crippen LogP contribution is 2.08. The molecule has 1 aliphatic rings. The first-order valence-corrected chi connectivity index (χ1v) is 9.42. The maximum absolute atomic E-state index is 12.3. The highest BCUT2D eigenvalue weighted by Gasteiger charge is 2.29. The molecule has 0 aliphatic carbocycles. The second kappa shape index (κ2) is 7.40. The van der Waals surface area contributed by atoms with Gasteiger partial charge in [0.1, 0.15) is 38.8 Å². The maximum Gasteiger partial charge on any atom is 0.258 e. The molecule has 0 amide bonds. The van der Waals surface area contributed by atoms with E-state index in [1.54, 1.807) is 4.90 Å². The first kappa shape index (κ1) is 16.9. The van der Waals surface area contributed by atoms with Gasteiger partial charge in [-0.15, -0.1) is 0 Å². The van der Waals surface area contributed by atoms with Crippen molar-refractivity contribution in [2.24, 2.45) is 0 Å². The molecule has 0 saturated carbocycles. The van der Waals surface area contributed by atoms with Gasteiger partial charge < -0.3 is 14.8 Å². The standard InChI is InChI=1S/C21H24N4O/c1-16(20-22-19-10-6-5-9-18(19)21(26)23-20)25-13-11-24(12-14-25)15-17-7-3-2-4-8-17/h2-10,16H,11-15H2,1H3,(H,22,23,26)/p+2/t16-/m0/s1. The van der Waals surface area contributed by atoms with Gasteiger partial charge in [-0.1, -0.05) is 42.5 Å². The zero-order valence-corrected chi connectivity index (χ0v) is 15.2. The third kappa shape index (κ3) is 3.54. The van der Waals surface area contributed by atoms with E-state index in [2.05, 4.69) is 42.2 Å². The molecule has 1 aromatic heterocycles. The van der Waals surface area contributed by atoms with E-state index in [1.165, 1.54) is 10.5 Å². The van der Waals surface area contributed by atoms with E-state index in [9.17, 15) is 4.79 Å². The predicted molar refractivity (Wildman–Crippen MR) is 102 cm³/mol. The lowest BCUT2D eigenvalue weighted by Crippen LogP contribution is -3.27. The summed E-state index contributed by atoms with van der Waals surface area (Å²) >= 11 is 0. The Kier molecular flexibility index (Phi) is 4.82. The number of rotatable bonds is 4. The van der Waals surface area contributed by atoms with Crippen molar-refractivity contribution >= 4 is 10.9 Å². The van der Waals surface area contributed by atoms with E-state index in [0.717, 1.165) is 44.1 Å². The fourth-order valence-corrected chi connectivity index (χ4v) is 3.92. The Morgan fingerprint density at radius 1 is 1.00 bits per heavy atom. The zero-order valence-electron chi connectivity index (χ0n) is 15.2. The summed E-state index contributed by atoms with van der Waals surface area (Å²) in [6.45, 7) is 7.75. The van der Waals surface area contributed by atoms with Gasteiger partial charge in [0.05, 0.1) is 10.9 Å². The zero-order chi connectivity index (χ0) is 17.9. The van der Waals surface area contributed by atoms with E-state index >= 15 is 0 Å². The van der Waals surface area contributed by atoms with Crippen LogP contribution in [-0.2, 0) is 6.54 Å². The van der Waals surface area contributed by atoms with Gasteiger partial charge in [0.25, 0.3) is 5.56 Å². The molecule has 3 N–H and O–H groups in total. The summed E-state index contributed by atoms with van der Waals surface area (Å²) in [7, 11) is 0. The number of quaternary nitrogens is 2. The summed E-state index contributed by atoms with van der Waals surface area (Å²) in [4.78, 5) is 23.2. The molecule has 1 saturated heterocycles. The Bertz CT molecular complexity index is 929. The molecule has 1 fully saturated rings. The summed E-state index contributed by atoms with van der Waals surface area (Å²) in [6.07, 6.45) is 0. The molecule has 3 aromatic rings. The Balaban J connectivity index is 1.43. The second-order valence-corrected chi connectivity index (χ2v) is 7.26. The number of hydrogen-bond donors (Lipinski definition) is 3. The number of nitrogens with zero attached hydrogens (tertiary/aromatic N) is 1. The van der Waals surface area contributed by atoms with Gasteiger partial charge in [0.2, 0.25) is 0 Å². The molecule has 26 heavy (non-hydrogen) atoms. The van der Waals surface area contributed by atoms with Crippen LogP contribution in [0.4, 0.5) is 0 Å². The van der Waals surface area contributed by atoms with Crippen LogP contribution in [0.15, 0.2) is 59.4 Å². The minimum absolute atomic E-state index is 0.0369. The average molecular weight is 350 g/mol. The highest BCUT2D eigenvalue weighted by atomic mass is 16.1. The lowest BCUT2D eigenvalue weighted by Gasteiger charge is -2.32. The minimum Gasteiger partial charge on any atom is -0.322 e. The van der Waals surface area contributed by atoms with Crippen molar-refractivity contribution in [2.75, 3.05) is 26.2 Å². The summed E-state index contributed by atoms with van der Waals surface area (Å²) in [5.41, 5.74) is 2.15. The van der Waals surface area contributed by atoms with Gasteiger partial charge in [-0.3, -0.25) is 4.79 Å². The number of hydrogen-bond acceptors (Lipinski definition) is 2. The number of nitrogens with one attached hydrogen (secondary N) is 3. The first-order valence-electron chi connectivity index (χ1n) is 9.42. The van der Waals surface area contributed by atoms with Crippen molar-refractivity contribution < 1.29 is 9.80 Å². The second-order valence-electron chi connectivity index (χ2n) is 7.26. The predicted octanol–water partition coefficient (Wildman–Crippen LogP) is -0.0323. The van der Waals surface area contributed by atoms with Gasteiger partial charge in [-0.25, -0.2) is 4.98 Å². The molecule has 0 bridgehead atoms. The molecule has 0 unspecified atom stereocenters. The van der Waals surface area contributed by atoms with Crippen LogP contribution >= 0.6 is 0 Å². The van der Waals surface area contributed by atoms with Crippen LogP contribution in [0.3, 0.4) is 0 Å². The van der Waals surface area contributed by atoms with Crippen molar-refractivity contribution in [3.05, 3.63) is 76.3 Å². The molecular formula is C21H26N4O+2. The van der Waals surface area contributed by atoms with Crippen LogP contribution in [0, 0.1) is 0 Å². The summed E-state index contributed by atoms with van der Waals surface area (Å²) in [5.74, 6) is 0.801. The van der Waals surface area contributed by atoms with E-state index in [1.807, 2.05) is 24.3 Å². The van der Waals surface area contributed by atoms with Crippen LogP contribution < -0.4 is 15.4 Å². The topological polar surface area (TPSA) is 54.6 Å². The fourth-order valence-electron chi connectivity index (χ4n) is 3.92. The molecule has 2 aromatic carbocycles. The third-order valence-corrected chi connectivity index (χ3v) is 5.55. The van der Waals surface area contributed by atoms with Crippen molar-refractivity contribution in [3.63, 3.8) is 0 Å². The number of aromatic nitrogens is 2. The van der Waals surface area contributed by atoms with Crippen molar-refractivity contribution in [1.29, 1.82) is 0 Å². The lowest BCUT2D eigenvalue weighted by atomic mass is 10.1. The third-order valence-electron chi connectivity index (χ3n) is 5.55. The average Bonchev–Trinajstić information content (AvgIpc) is 2.69. The van der Waals surface area contributed by atoms with Crippen LogP contribution in [-0.4, -0.2) is 36.1 Å². The minimum atomic E-state index is -0.0369. The van der Waals surface area contributed by atoms with Gasteiger partial charge in [0, 0.05) is 5.56 Å². The molecule has 134 valence electrons. The molecule has 0 spiro atoms. The molecular weight excluding hydrogens is 324 g/mol. The molecule has 4 rings (SSSR count). The highest BCUT2D eigenvalue weighted by molar-refractivity contribution is 5.77. The smallest absolute Gasteiger partial charge is 0.258 e. The Morgan fingerprint density at radius 2 is 1.69 bits per heavy atom. The van der Waals surface area contributed by atoms with Gasteiger partial charge >= 0.3 is 0 Å². The van der Waals surface area contributed by atoms with E-state index in [-0.39, 0.29) is 11.6 Å². The summed E-state index contributed by atoms with van der Waals surface area (Å²) in [6, 6.07) is 18.5. The van der Waals surface area contributed by atoms with Crippen LogP contribution in [0.2, 0.25) is 0 Å². The van der Waals surface area contributed by atoms with Crippen LogP contribution in [0.25, 0.3) is 10.9 Å². The quantitative estimate of drug-likeness (QED) is 0.619. The van der Waals surface area contributed by atoms with Gasteiger partial charge in [0.15, 0.2) is 5.82 Å². The van der Waals surface area contributed by atoms with Crippen LogP contribution in [0.5, 0.6) is 0 Å². The van der Waals surface area contributed by atoms with E-state index < -0.39 is 0 Å². The number of fused-ring (bicyclic) bond motifs is 1. The first-order chi connectivity index (χ1) is 12.7. The molecule has 2 heterocycles. The SMILES string of the molecule is C[C@@H](c1nc2ccccc2c(=O)[nH]1)[NH+]1CC[NH+](Cc2ccccc2)CC1. The summed E-state index contributed by atoms with van der Waals surface area (Å²) < 4.78 is 0. The lowest BCUT2D eigenvalue weighted by molar-refractivity contribution is -1.03. The van der Waals surface area contributed by atoms with E-state index in [0.29, 0.717) is 5.39 Å². The van der Waals surface area contributed by atoms with Crippen molar-refractivity contribution in [1.82, 2.24) is 9.97 Å². The van der Waals surface area contributed by atoms with Gasteiger partial charge in [-0.05, 0) is 19.1 Å². The maximum atomic E-state index is 12.3. The van der Waals surface area contributed by atoms with E-state index in [4.69, 9.17) is 4.98 Å². The number of para-hydroxylation sites is 1. The molecule has 0 radical (unpaired) electrons. The molecule has 1 atom stereocenters. The Morgan fingerprint density at radius 3 is 2.46 bits per heavy atom. The number of piperazine rings is 1.